The Kier molecular flexibility index (Phi) is 5.20. The first-order valence-corrected chi connectivity index (χ1v) is 9.10. The van der Waals surface area contributed by atoms with Crippen molar-refractivity contribution in [3.8, 4) is 0 Å². The van der Waals surface area contributed by atoms with E-state index >= 15 is 0 Å². The summed E-state index contributed by atoms with van der Waals surface area (Å²) in [6.07, 6.45) is 8.09. The second-order valence-corrected chi connectivity index (χ2v) is 7.39. The number of hydrogen-bond acceptors (Lipinski definition) is 4. The Hall–Kier alpha value is -0.160. The predicted molar refractivity (Wildman–Crippen MR) is 86.5 cm³/mol. The van der Waals surface area contributed by atoms with Gasteiger partial charge in [-0.3, -0.25) is 9.80 Å². The van der Waals surface area contributed by atoms with Gasteiger partial charge in [0.05, 0.1) is 12.1 Å². The summed E-state index contributed by atoms with van der Waals surface area (Å²) in [5.41, 5.74) is -0.0362. The molecule has 21 heavy (non-hydrogen) atoms. The van der Waals surface area contributed by atoms with E-state index in [1.54, 1.807) is 0 Å². The Morgan fingerprint density at radius 3 is 2.48 bits per heavy atom. The Morgan fingerprint density at radius 1 is 1.10 bits per heavy atom. The normalized spacial score (nSPS) is 31.4. The minimum Gasteiger partial charge on any atom is -0.394 e. The summed E-state index contributed by atoms with van der Waals surface area (Å²) >= 11 is 0. The molecule has 122 valence electrons. The van der Waals surface area contributed by atoms with Crippen LogP contribution in [0.1, 0.15) is 45.4 Å². The van der Waals surface area contributed by atoms with Gasteiger partial charge in [-0.2, -0.15) is 0 Å². The van der Waals surface area contributed by atoms with Crippen LogP contribution < -0.4 is 5.32 Å². The van der Waals surface area contributed by atoms with E-state index in [2.05, 4.69) is 22.0 Å². The van der Waals surface area contributed by atoms with Crippen molar-refractivity contribution in [1.82, 2.24) is 15.1 Å². The first-order chi connectivity index (χ1) is 10.3. The van der Waals surface area contributed by atoms with E-state index in [4.69, 9.17) is 0 Å². The van der Waals surface area contributed by atoms with Crippen LogP contribution in [0.25, 0.3) is 0 Å². The van der Waals surface area contributed by atoms with Crippen LogP contribution in [0.2, 0.25) is 0 Å². The number of aliphatic hydroxyl groups excluding tert-OH is 1. The third kappa shape index (κ3) is 3.61. The fourth-order valence-electron chi connectivity index (χ4n) is 4.49. The van der Waals surface area contributed by atoms with Gasteiger partial charge in [-0.05, 0) is 64.2 Å². The highest BCUT2D eigenvalue weighted by Gasteiger charge is 2.46. The first-order valence-electron chi connectivity index (χ1n) is 9.10. The number of piperidine rings is 1. The lowest BCUT2D eigenvalue weighted by Gasteiger charge is -2.37. The van der Waals surface area contributed by atoms with Crippen LogP contribution >= 0.6 is 0 Å². The molecule has 1 saturated carbocycles. The van der Waals surface area contributed by atoms with Gasteiger partial charge in [0.1, 0.15) is 0 Å². The monoisotopic (exact) mass is 295 g/mol. The van der Waals surface area contributed by atoms with Gasteiger partial charge in [0.2, 0.25) is 0 Å². The fourth-order valence-corrected chi connectivity index (χ4v) is 4.49. The number of likely N-dealkylation sites (N-methyl/N-ethyl adjacent to an activating group) is 1. The highest BCUT2D eigenvalue weighted by atomic mass is 16.3. The van der Waals surface area contributed by atoms with Crippen LogP contribution in [0, 0.1) is 5.92 Å². The van der Waals surface area contributed by atoms with Gasteiger partial charge < -0.3 is 10.4 Å². The lowest BCUT2D eigenvalue weighted by Crippen LogP contribution is -2.58. The number of aliphatic hydroxyl groups is 1. The molecule has 0 bridgehead atoms. The van der Waals surface area contributed by atoms with E-state index in [1.807, 2.05) is 0 Å². The van der Waals surface area contributed by atoms with Crippen molar-refractivity contribution in [1.29, 1.82) is 0 Å². The summed E-state index contributed by atoms with van der Waals surface area (Å²) in [6.45, 7) is 9.47. The van der Waals surface area contributed by atoms with Crippen molar-refractivity contribution >= 4 is 0 Å². The van der Waals surface area contributed by atoms with Crippen LogP contribution in [-0.2, 0) is 0 Å². The predicted octanol–water partition coefficient (Wildman–Crippen LogP) is 1.30. The van der Waals surface area contributed by atoms with E-state index in [0.717, 1.165) is 19.1 Å². The van der Waals surface area contributed by atoms with Crippen molar-refractivity contribution in [2.75, 3.05) is 45.9 Å². The van der Waals surface area contributed by atoms with Crippen molar-refractivity contribution in [3.05, 3.63) is 0 Å². The maximum Gasteiger partial charge on any atom is 0.0628 e. The van der Waals surface area contributed by atoms with Gasteiger partial charge in [-0.25, -0.2) is 0 Å². The highest BCUT2D eigenvalue weighted by molar-refractivity contribution is 5.03. The average Bonchev–Trinajstić information content (AvgIpc) is 3.28. The number of rotatable bonds is 7. The van der Waals surface area contributed by atoms with E-state index in [0.29, 0.717) is 5.92 Å². The molecule has 0 aromatic rings. The molecular formula is C17H33N3O. The second kappa shape index (κ2) is 6.95. The van der Waals surface area contributed by atoms with Crippen LogP contribution in [0.15, 0.2) is 0 Å². The first kappa shape index (κ1) is 15.7. The molecule has 2 unspecified atom stereocenters. The highest BCUT2D eigenvalue weighted by Crippen LogP contribution is 2.40. The zero-order valence-electron chi connectivity index (χ0n) is 13.7. The molecule has 0 aromatic heterocycles. The lowest BCUT2D eigenvalue weighted by atomic mass is 9.93. The van der Waals surface area contributed by atoms with Crippen LogP contribution in [0.5, 0.6) is 0 Å². The zero-order valence-corrected chi connectivity index (χ0v) is 13.7. The van der Waals surface area contributed by atoms with Crippen molar-refractivity contribution < 1.29 is 5.11 Å². The zero-order chi connectivity index (χ0) is 14.7. The molecule has 2 heterocycles. The summed E-state index contributed by atoms with van der Waals surface area (Å²) in [5.74, 6) is 0.691. The molecular weight excluding hydrogens is 262 g/mol. The summed E-state index contributed by atoms with van der Waals surface area (Å²) in [6, 6.07) is 0.766. The average molecular weight is 295 g/mol. The fraction of sp³-hybridized carbons (Fsp3) is 1.00. The number of nitrogens with zero attached hydrogens (tertiary/aromatic N) is 2. The third-order valence-corrected chi connectivity index (χ3v) is 5.83. The molecule has 2 saturated heterocycles. The van der Waals surface area contributed by atoms with Crippen LogP contribution in [-0.4, -0.2) is 72.4 Å². The smallest absolute Gasteiger partial charge is 0.0628 e. The number of likely N-dealkylation sites (tertiary alicyclic amines) is 2. The maximum absolute atomic E-state index is 9.99. The van der Waals surface area contributed by atoms with Gasteiger partial charge in [-0.1, -0.05) is 13.3 Å². The second-order valence-electron chi connectivity index (χ2n) is 7.39. The van der Waals surface area contributed by atoms with Gasteiger partial charge in [-0.15, -0.1) is 0 Å². The molecule has 0 radical (unpaired) electrons. The van der Waals surface area contributed by atoms with Crippen molar-refractivity contribution in [2.45, 2.75) is 57.0 Å². The van der Waals surface area contributed by atoms with Gasteiger partial charge >= 0.3 is 0 Å². The molecule has 0 aromatic carbocycles. The summed E-state index contributed by atoms with van der Waals surface area (Å²) in [7, 11) is 0. The van der Waals surface area contributed by atoms with E-state index in [-0.39, 0.29) is 12.1 Å². The third-order valence-electron chi connectivity index (χ3n) is 5.83. The SMILES string of the molecule is CCNC(CO)(CN1CCC(N2CCCCC2)C1)C1CC1. The quantitative estimate of drug-likeness (QED) is 0.742. The molecule has 3 fully saturated rings. The standard InChI is InChI=1S/C17H33N3O/c1-2-18-17(14-21,15-6-7-15)13-19-11-8-16(12-19)20-9-4-3-5-10-20/h15-16,18,21H,2-14H2,1H3. The van der Waals surface area contributed by atoms with Gasteiger partial charge in [0, 0.05) is 19.1 Å². The van der Waals surface area contributed by atoms with Gasteiger partial charge in [0.25, 0.3) is 0 Å². The molecule has 4 nitrogen and oxygen atoms in total. The van der Waals surface area contributed by atoms with Gasteiger partial charge in [0.15, 0.2) is 0 Å². The summed E-state index contributed by atoms with van der Waals surface area (Å²) in [5, 5.41) is 13.6. The Morgan fingerprint density at radius 2 is 1.86 bits per heavy atom. The van der Waals surface area contributed by atoms with Crippen molar-refractivity contribution in [3.63, 3.8) is 0 Å². The largest absolute Gasteiger partial charge is 0.394 e. The minimum absolute atomic E-state index is 0.0362. The van der Waals surface area contributed by atoms with E-state index in [9.17, 15) is 5.11 Å². The van der Waals surface area contributed by atoms with Crippen molar-refractivity contribution in [2.24, 2.45) is 5.92 Å². The Labute approximate surface area is 129 Å². The summed E-state index contributed by atoms with van der Waals surface area (Å²) < 4.78 is 0. The molecule has 3 rings (SSSR count). The maximum atomic E-state index is 9.99. The minimum atomic E-state index is -0.0362. The number of nitrogens with one attached hydrogen (secondary N) is 1. The van der Waals surface area contributed by atoms with E-state index < -0.39 is 0 Å². The topological polar surface area (TPSA) is 38.7 Å². The molecule has 0 spiro atoms. The van der Waals surface area contributed by atoms with Crippen LogP contribution in [0.4, 0.5) is 0 Å². The molecule has 4 heteroatoms. The Bertz CT molecular complexity index is 328. The molecule has 2 aliphatic heterocycles. The van der Waals surface area contributed by atoms with E-state index in [1.165, 1.54) is 64.7 Å². The molecule has 2 N–H and O–H groups in total. The number of hydrogen-bond donors (Lipinski definition) is 2. The lowest BCUT2D eigenvalue weighted by molar-refractivity contribution is 0.0948. The molecule has 1 aliphatic carbocycles. The summed E-state index contributed by atoms with van der Waals surface area (Å²) in [4.78, 5) is 5.32. The Balaban J connectivity index is 1.55. The molecule has 0 amide bonds. The molecule has 2 atom stereocenters. The van der Waals surface area contributed by atoms with Crippen LogP contribution in [0.3, 0.4) is 0 Å². The molecule has 3 aliphatic rings.